The lowest BCUT2D eigenvalue weighted by Gasteiger charge is -2.13. The Morgan fingerprint density at radius 2 is 1.35 bits per heavy atom. The molecule has 0 N–H and O–H groups in total. The van der Waals surface area contributed by atoms with Crippen LogP contribution in [0.3, 0.4) is 0 Å². The molecule has 0 atom stereocenters. The largest absolute Gasteiger partial charge is 0.508 e. The SMILES string of the molecule is C=CCOC(=O)OCC=C.CCN(CC)CC. The first-order valence-corrected chi connectivity index (χ1v) is 5.89. The van der Waals surface area contributed by atoms with Gasteiger partial charge in [-0.05, 0) is 19.6 Å². The van der Waals surface area contributed by atoms with Gasteiger partial charge in [-0.3, -0.25) is 0 Å². The predicted octanol–water partition coefficient (Wildman–Crippen LogP) is 2.86. The second-order valence-electron chi connectivity index (χ2n) is 3.07. The number of ether oxygens (including phenoxy) is 2. The first-order valence-electron chi connectivity index (χ1n) is 5.89. The first-order chi connectivity index (χ1) is 8.15. The Labute approximate surface area is 105 Å². The molecule has 4 heteroatoms. The Morgan fingerprint density at radius 3 is 1.53 bits per heavy atom. The van der Waals surface area contributed by atoms with E-state index in [0.717, 1.165) is 0 Å². The van der Waals surface area contributed by atoms with Crippen molar-refractivity contribution in [2.45, 2.75) is 20.8 Å². The number of rotatable bonds is 7. The van der Waals surface area contributed by atoms with Gasteiger partial charge in [0.05, 0.1) is 0 Å². The lowest BCUT2D eigenvalue weighted by Crippen LogP contribution is -2.21. The molecule has 0 aliphatic rings. The van der Waals surface area contributed by atoms with E-state index >= 15 is 0 Å². The minimum absolute atomic E-state index is 0.177. The van der Waals surface area contributed by atoms with Gasteiger partial charge in [-0.1, -0.05) is 46.1 Å². The minimum atomic E-state index is -0.695. The Kier molecular flexibility index (Phi) is 15.6. The predicted molar refractivity (Wildman–Crippen MR) is 71.2 cm³/mol. The average Bonchev–Trinajstić information content (AvgIpc) is 2.36. The lowest BCUT2D eigenvalue weighted by molar-refractivity contribution is 0.0718. The summed E-state index contributed by atoms with van der Waals surface area (Å²) in [6.07, 6.45) is 2.24. The van der Waals surface area contributed by atoms with Gasteiger partial charge >= 0.3 is 6.16 Å². The summed E-state index contributed by atoms with van der Waals surface area (Å²) in [6.45, 7) is 17.2. The number of carbonyl (C=O) groups excluding carboxylic acids is 1. The summed E-state index contributed by atoms with van der Waals surface area (Å²) in [5, 5.41) is 0. The van der Waals surface area contributed by atoms with E-state index in [1.165, 1.54) is 31.8 Å². The topological polar surface area (TPSA) is 38.8 Å². The number of hydrogen-bond acceptors (Lipinski definition) is 4. The molecule has 0 aliphatic heterocycles. The van der Waals surface area contributed by atoms with E-state index < -0.39 is 6.16 Å². The van der Waals surface area contributed by atoms with Crippen molar-refractivity contribution in [3.8, 4) is 0 Å². The fraction of sp³-hybridized carbons (Fsp3) is 0.615. The van der Waals surface area contributed by atoms with Gasteiger partial charge in [0.2, 0.25) is 0 Å². The first kappa shape index (κ1) is 18.1. The molecule has 0 spiro atoms. The van der Waals surface area contributed by atoms with Crippen LogP contribution >= 0.6 is 0 Å². The van der Waals surface area contributed by atoms with Gasteiger partial charge in [-0.2, -0.15) is 0 Å². The van der Waals surface area contributed by atoms with Gasteiger partial charge in [-0.15, -0.1) is 0 Å². The van der Waals surface area contributed by atoms with Crippen molar-refractivity contribution in [2.75, 3.05) is 32.8 Å². The molecule has 0 unspecified atom stereocenters. The van der Waals surface area contributed by atoms with Crippen LogP contribution in [0.15, 0.2) is 25.3 Å². The van der Waals surface area contributed by atoms with Crippen LogP contribution in [0.2, 0.25) is 0 Å². The number of nitrogens with zero attached hydrogens (tertiary/aromatic N) is 1. The fourth-order valence-electron chi connectivity index (χ4n) is 0.966. The summed E-state index contributed by atoms with van der Waals surface area (Å²) in [5.41, 5.74) is 0. The molecule has 0 heterocycles. The molecule has 0 aromatic carbocycles. The van der Waals surface area contributed by atoms with E-state index in [-0.39, 0.29) is 13.2 Å². The van der Waals surface area contributed by atoms with Crippen molar-refractivity contribution < 1.29 is 14.3 Å². The second kappa shape index (κ2) is 14.7. The molecule has 4 nitrogen and oxygen atoms in total. The van der Waals surface area contributed by atoms with Crippen LogP contribution in [0.5, 0.6) is 0 Å². The molecule has 0 saturated carbocycles. The smallest absolute Gasteiger partial charge is 0.430 e. The highest BCUT2D eigenvalue weighted by molar-refractivity contribution is 5.60. The van der Waals surface area contributed by atoms with Crippen LogP contribution in [-0.2, 0) is 9.47 Å². The summed E-state index contributed by atoms with van der Waals surface area (Å²) in [7, 11) is 0. The van der Waals surface area contributed by atoms with E-state index in [4.69, 9.17) is 0 Å². The van der Waals surface area contributed by atoms with Crippen molar-refractivity contribution in [3.63, 3.8) is 0 Å². The number of hydrogen-bond donors (Lipinski definition) is 0. The minimum Gasteiger partial charge on any atom is -0.430 e. The quantitative estimate of drug-likeness (QED) is 0.509. The maximum atomic E-state index is 10.4. The zero-order valence-electron chi connectivity index (χ0n) is 11.3. The summed E-state index contributed by atoms with van der Waals surface area (Å²) in [5.74, 6) is 0. The molecule has 0 saturated heterocycles. The number of carbonyl (C=O) groups is 1. The monoisotopic (exact) mass is 243 g/mol. The maximum absolute atomic E-state index is 10.4. The molecule has 0 bridgehead atoms. The van der Waals surface area contributed by atoms with Gasteiger partial charge in [0.1, 0.15) is 13.2 Å². The van der Waals surface area contributed by atoms with Crippen molar-refractivity contribution in [3.05, 3.63) is 25.3 Å². The standard InChI is InChI=1S/C7H10O3.C6H15N/c1-3-5-9-7(8)10-6-4-2;1-4-7(5-2)6-3/h3-4H,1-2,5-6H2;4-6H2,1-3H3. The fourth-order valence-corrected chi connectivity index (χ4v) is 0.966. The van der Waals surface area contributed by atoms with E-state index in [9.17, 15) is 4.79 Å². The zero-order chi connectivity index (χ0) is 13.5. The molecule has 0 rings (SSSR count). The van der Waals surface area contributed by atoms with Gasteiger partial charge < -0.3 is 14.4 Å². The Hall–Kier alpha value is -1.29. The van der Waals surface area contributed by atoms with Crippen LogP contribution < -0.4 is 0 Å². The molecule has 0 aromatic rings. The van der Waals surface area contributed by atoms with Crippen LogP contribution in [0.25, 0.3) is 0 Å². The summed E-state index contributed by atoms with van der Waals surface area (Å²) >= 11 is 0. The molecule has 17 heavy (non-hydrogen) atoms. The molecular weight excluding hydrogens is 218 g/mol. The Morgan fingerprint density at radius 1 is 1.00 bits per heavy atom. The zero-order valence-corrected chi connectivity index (χ0v) is 11.3. The molecule has 0 aromatic heterocycles. The molecule has 0 aliphatic carbocycles. The van der Waals surface area contributed by atoms with Gasteiger partial charge in [0, 0.05) is 0 Å². The van der Waals surface area contributed by atoms with E-state index in [0.29, 0.717) is 0 Å². The molecule has 100 valence electrons. The van der Waals surface area contributed by atoms with Gasteiger partial charge in [0.25, 0.3) is 0 Å². The van der Waals surface area contributed by atoms with E-state index in [2.05, 4.69) is 48.3 Å². The molecule has 0 radical (unpaired) electrons. The van der Waals surface area contributed by atoms with Crippen molar-refractivity contribution in [1.29, 1.82) is 0 Å². The average molecular weight is 243 g/mol. The normalized spacial score (nSPS) is 8.94. The highest BCUT2D eigenvalue weighted by Gasteiger charge is 1.97. The molecule has 0 fully saturated rings. The maximum Gasteiger partial charge on any atom is 0.508 e. The van der Waals surface area contributed by atoms with Crippen molar-refractivity contribution in [2.24, 2.45) is 0 Å². The van der Waals surface area contributed by atoms with Gasteiger partial charge in [-0.25, -0.2) is 4.79 Å². The van der Waals surface area contributed by atoms with E-state index in [1.807, 2.05) is 0 Å². The molecular formula is C13H25NO3. The summed E-state index contributed by atoms with van der Waals surface area (Å²) in [4.78, 5) is 12.8. The van der Waals surface area contributed by atoms with Crippen LogP contribution in [0.4, 0.5) is 4.79 Å². The van der Waals surface area contributed by atoms with Crippen LogP contribution in [0, 0.1) is 0 Å². The van der Waals surface area contributed by atoms with Crippen LogP contribution in [-0.4, -0.2) is 43.9 Å². The van der Waals surface area contributed by atoms with Crippen molar-refractivity contribution >= 4 is 6.16 Å². The second-order valence-corrected chi connectivity index (χ2v) is 3.07. The third kappa shape index (κ3) is 14.7. The highest BCUT2D eigenvalue weighted by atomic mass is 16.7. The Bertz CT molecular complexity index is 181. The van der Waals surface area contributed by atoms with E-state index in [1.54, 1.807) is 0 Å². The van der Waals surface area contributed by atoms with Gasteiger partial charge in [0.15, 0.2) is 0 Å². The summed E-state index contributed by atoms with van der Waals surface area (Å²) < 4.78 is 8.93. The van der Waals surface area contributed by atoms with Crippen molar-refractivity contribution in [1.82, 2.24) is 4.90 Å². The summed E-state index contributed by atoms with van der Waals surface area (Å²) in [6, 6.07) is 0. The lowest BCUT2D eigenvalue weighted by atomic mass is 10.5. The third-order valence-electron chi connectivity index (χ3n) is 1.98. The third-order valence-corrected chi connectivity index (χ3v) is 1.98. The highest BCUT2D eigenvalue weighted by Crippen LogP contribution is 1.84. The molecule has 0 amide bonds. The van der Waals surface area contributed by atoms with Crippen LogP contribution in [0.1, 0.15) is 20.8 Å². The Balaban J connectivity index is 0.